The van der Waals surface area contributed by atoms with Crippen molar-refractivity contribution in [1.82, 2.24) is 0 Å². The third-order valence-corrected chi connectivity index (χ3v) is 3.51. The zero-order valence-corrected chi connectivity index (χ0v) is 13.3. The number of carbonyl (C=O) groups is 1. The normalized spacial score (nSPS) is 10.2. The Morgan fingerprint density at radius 1 is 1.20 bits per heavy atom. The second-order valence-corrected chi connectivity index (χ2v) is 5.72. The zero-order chi connectivity index (χ0) is 14.5. The largest absolute Gasteiger partial charge is 0.376 e. The average Bonchev–Trinajstić information content (AvgIpc) is 2.41. The summed E-state index contributed by atoms with van der Waals surface area (Å²) in [5.74, 6) is -0.0922. The van der Waals surface area contributed by atoms with E-state index in [1.807, 2.05) is 37.3 Å². The van der Waals surface area contributed by atoms with Crippen molar-refractivity contribution in [3.05, 3.63) is 57.5 Å². The van der Waals surface area contributed by atoms with Gasteiger partial charge in [-0.05, 0) is 55.0 Å². The van der Waals surface area contributed by atoms with E-state index in [1.165, 1.54) is 0 Å². The predicted molar refractivity (Wildman–Crippen MR) is 87.5 cm³/mol. The third kappa shape index (κ3) is 4.25. The van der Waals surface area contributed by atoms with Crippen molar-refractivity contribution < 1.29 is 4.79 Å². The minimum absolute atomic E-state index is 0.0922. The van der Waals surface area contributed by atoms with Crippen molar-refractivity contribution in [3.63, 3.8) is 0 Å². The second-order valence-electron chi connectivity index (χ2n) is 4.37. The SMILES string of the molecule is Cc1cc(Br)ccc1NC(=O)CNc1ccc(Cl)cc1. The molecule has 0 aromatic heterocycles. The summed E-state index contributed by atoms with van der Waals surface area (Å²) in [5, 5.41) is 6.59. The first kappa shape index (κ1) is 14.9. The summed E-state index contributed by atoms with van der Waals surface area (Å²) in [7, 11) is 0. The van der Waals surface area contributed by atoms with Crippen LogP contribution in [0.4, 0.5) is 11.4 Å². The lowest BCUT2D eigenvalue weighted by Crippen LogP contribution is -2.22. The van der Waals surface area contributed by atoms with Crippen LogP contribution in [0.2, 0.25) is 5.02 Å². The molecule has 1 amide bonds. The number of carbonyl (C=O) groups excluding carboxylic acids is 1. The number of aryl methyl sites for hydroxylation is 1. The van der Waals surface area contributed by atoms with Crippen LogP contribution in [0.25, 0.3) is 0 Å². The lowest BCUT2D eigenvalue weighted by molar-refractivity contribution is -0.114. The van der Waals surface area contributed by atoms with Crippen LogP contribution >= 0.6 is 27.5 Å². The van der Waals surface area contributed by atoms with Crippen LogP contribution in [0.1, 0.15) is 5.56 Å². The molecule has 0 atom stereocenters. The van der Waals surface area contributed by atoms with Gasteiger partial charge < -0.3 is 10.6 Å². The maximum absolute atomic E-state index is 11.9. The van der Waals surface area contributed by atoms with E-state index in [0.717, 1.165) is 21.4 Å². The highest BCUT2D eigenvalue weighted by molar-refractivity contribution is 9.10. The molecule has 2 rings (SSSR count). The monoisotopic (exact) mass is 352 g/mol. The van der Waals surface area contributed by atoms with Gasteiger partial charge >= 0.3 is 0 Å². The summed E-state index contributed by atoms with van der Waals surface area (Å²) >= 11 is 9.19. The summed E-state index contributed by atoms with van der Waals surface area (Å²) in [5.41, 5.74) is 2.69. The van der Waals surface area contributed by atoms with Gasteiger partial charge in [-0.2, -0.15) is 0 Å². The van der Waals surface area contributed by atoms with Gasteiger partial charge in [0, 0.05) is 20.9 Å². The second kappa shape index (κ2) is 6.77. The molecular weight excluding hydrogens is 340 g/mol. The predicted octanol–water partition coefficient (Wildman–Crippen LogP) is 4.46. The molecule has 0 radical (unpaired) electrons. The van der Waals surface area contributed by atoms with Crippen molar-refractivity contribution >= 4 is 44.8 Å². The first-order valence-corrected chi connectivity index (χ1v) is 7.27. The highest BCUT2D eigenvalue weighted by atomic mass is 79.9. The maximum atomic E-state index is 11.9. The van der Waals surface area contributed by atoms with Crippen LogP contribution in [0, 0.1) is 6.92 Å². The molecule has 2 aromatic carbocycles. The Bertz CT molecular complexity index is 614. The summed E-state index contributed by atoms with van der Waals surface area (Å²) in [6.45, 7) is 2.16. The number of amides is 1. The van der Waals surface area contributed by atoms with Gasteiger partial charge in [0.1, 0.15) is 0 Å². The number of nitrogens with one attached hydrogen (secondary N) is 2. The van der Waals surface area contributed by atoms with E-state index in [2.05, 4.69) is 26.6 Å². The summed E-state index contributed by atoms with van der Waals surface area (Å²) < 4.78 is 0.993. The Morgan fingerprint density at radius 3 is 2.55 bits per heavy atom. The minimum atomic E-state index is -0.0922. The lowest BCUT2D eigenvalue weighted by atomic mass is 10.2. The van der Waals surface area contributed by atoms with Gasteiger partial charge in [0.15, 0.2) is 0 Å². The van der Waals surface area contributed by atoms with Gasteiger partial charge in [0.05, 0.1) is 6.54 Å². The number of rotatable bonds is 4. The van der Waals surface area contributed by atoms with Crippen LogP contribution in [-0.2, 0) is 4.79 Å². The lowest BCUT2D eigenvalue weighted by Gasteiger charge is -2.10. The van der Waals surface area contributed by atoms with Crippen LogP contribution in [-0.4, -0.2) is 12.5 Å². The van der Waals surface area contributed by atoms with E-state index in [1.54, 1.807) is 12.1 Å². The molecule has 104 valence electrons. The van der Waals surface area contributed by atoms with E-state index in [0.29, 0.717) is 5.02 Å². The quantitative estimate of drug-likeness (QED) is 0.852. The summed E-state index contributed by atoms with van der Waals surface area (Å²) in [6, 6.07) is 13.0. The highest BCUT2D eigenvalue weighted by Gasteiger charge is 2.05. The molecule has 0 heterocycles. The van der Waals surface area contributed by atoms with E-state index in [9.17, 15) is 4.79 Å². The molecule has 20 heavy (non-hydrogen) atoms. The molecule has 0 aliphatic rings. The molecule has 3 nitrogen and oxygen atoms in total. The van der Waals surface area contributed by atoms with Gasteiger partial charge in [0.2, 0.25) is 5.91 Å². The fourth-order valence-electron chi connectivity index (χ4n) is 1.71. The Kier molecular flexibility index (Phi) is 5.04. The van der Waals surface area contributed by atoms with E-state index in [-0.39, 0.29) is 12.5 Å². The molecule has 0 spiro atoms. The molecular formula is C15H14BrClN2O. The summed E-state index contributed by atoms with van der Waals surface area (Å²) in [4.78, 5) is 11.9. The molecule has 0 bridgehead atoms. The smallest absolute Gasteiger partial charge is 0.243 e. The molecule has 0 saturated carbocycles. The minimum Gasteiger partial charge on any atom is -0.376 e. The first-order valence-electron chi connectivity index (χ1n) is 6.10. The Balaban J connectivity index is 1.90. The van der Waals surface area contributed by atoms with Crippen molar-refractivity contribution in [2.45, 2.75) is 6.92 Å². The van der Waals surface area contributed by atoms with Crippen LogP contribution in [0.5, 0.6) is 0 Å². The van der Waals surface area contributed by atoms with Crippen molar-refractivity contribution in [1.29, 1.82) is 0 Å². The Hall–Kier alpha value is -1.52. The van der Waals surface area contributed by atoms with Crippen LogP contribution in [0.15, 0.2) is 46.9 Å². The molecule has 0 aliphatic carbocycles. The molecule has 0 fully saturated rings. The molecule has 0 aliphatic heterocycles. The molecule has 2 aromatic rings. The van der Waals surface area contributed by atoms with E-state index >= 15 is 0 Å². The molecule has 0 saturated heterocycles. The van der Waals surface area contributed by atoms with Crippen molar-refractivity contribution in [2.75, 3.05) is 17.2 Å². The number of benzene rings is 2. The molecule has 0 unspecified atom stereocenters. The summed E-state index contributed by atoms with van der Waals surface area (Å²) in [6.07, 6.45) is 0. The Labute approximate surface area is 131 Å². The average molecular weight is 354 g/mol. The topological polar surface area (TPSA) is 41.1 Å². The first-order chi connectivity index (χ1) is 9.54. The van der Waals surface area contributed by atoms with Gasteiger partial charge in [-0.15, -0.1) is 0 Å². The van der Waals surface area contributed by atoms with E-state index in [4.69, 9.17) is 11.6 Å². The van der Waals surface area contributed by atoms with Crippen LogP contribution in [0.3, 0.4) is 0 Å². The highest BCUT2D eigenvalue weighted by Crippen LogP contribution is 2.20. The number of anilines is 2. The van der Waals surface area contributed by atoms with Crippen molar-refractivity contribution in [2.24, 2.45) is 0 Å². The zero-order valence-electron chi connectivity index (χ0n) is 10.9. The molecule has 5 heteroatoms. The number of halogens is 2. The van der Waals surface area contributed by atoms with Crippen LogP contribution < -0.4 is 10.6 Å². The molecule has 2 N–H and O–H groups in total. The van der Waals surface area contributed by atoms with Gasteiger partial charge in [0.25, 0.3) is 0 Å². The van der Waals surface area contributed by atoms with Crippen molar-refractivity contribution in [3.8, 4) is 0 Å². The fourth-order valence-corrected chi connectivity index (χ4v) is 2.31. The maximum Gasteiger partial charge on any atom is 0.243 e. The third-order valence-electron chi connectivity index (χ3n) is 2.76. The Morgan fingerprint density at radius 2 is 1.90 bits per heavy atom. The number of hydrogen-bond acceptors (Lipinski definition) is 2. The standard InChI is InChI=1S/C15H14BrClN2O/c1-10-8-11(16)2-7-14(10)19-15(20)9-18-13-5-3-12(17)4-6-13/h2-8,18H,9H2,1H3,(H,19,20). The fraction of sp³-hybridized carbons (Fsp3) is 0.133. The van der Waals surface area contributed by atoms with Gasteiger partial charge in [-0.1, -0.05) is 27.5 Å². The van der Waals surface area contributed by atoms with Gasteiger partial charge in [-0.25, -0.2) is 0 Å². The van der Waals surface area contributed by atoms with E-state index < -0.39 is 0 Å². The van der Waals surface area contributed by atoms with Gasteiger partial charge in [-0.3, -0.25) is 4.79 Å². The number of hydrogen-bond donors (Lipinski definition) is 2.